The monoisotopic (exact) mass is 451 g/mol. The van der Waals surface area contributed by atoms with Crippen molar-refractivity contribution in [2.24, 2.45) is 0 Å². The molecule has 2 aliphatic rings. The number of anilines is 1. The molecular formula is C28H21NO5. The van der Waals surface area contributed by atoms with Crippen LogP contribution in [0.25, 0.3) is 21.9 Å². The summed E-state index contributed by atoms with van der Waals surface area (Å²) in [6, 6.07) is 22.6. The third-order valence-corrected chi connectivity index (χ3v) is 6.59. The number of aryl methyl sites for hydroxylation is 1. The number of aliphatic hydroxyl groups excluding tert-OH is 1. The predicted molar refractivity (Wildman–Crippen MR) is 128 cm³/mol. The smallest absolute Gasteiger partial charge is 0.303 e. The number of para-hydroxylation sites is 1. The lowest BCUT2D eigenvalue weighted by Gasteiger charge is -2.35. The van der Waals surface area contributed by atoms with Crippen LogP contribution in [0.4, 0.5) is 5.69 Å². The first-order valence-corrected chi connectivity index (χ1v) is 11.2. The van der Waals surface area contributed by atoms with Crippen LogP contribution in [0.5, 0.6) is 11.5 Å². The van der Waals surface area contributed by atoms with Gasteiger partial charge in [0.05, 0.1) is 0 Å². The van der Waals surface area contributed by atoms with Crippen molar-refractivity contribution in [3.8, 4) is 22.6 Å². The van der Waals surface area contributed by atoms with Crippen LogP contribution in [-0.2, 0) is 11.2 Å². The molecule has 0 fully saturated rings. The summed E-state index contributed by atoms with van der Waals surface area (Å²) in [4.78, 5) is 25.7. The van der Waals surface area contributed by atoms with E-state index in [1.807, 2.05) is 60.7 Å². The standard InChI is InChI=1S/C28H21NO5/c30-24(31)7-3-4-16-8-10-17(11-9-16)29-27(32)20-13-12-19-18-5-1-2-6-22(18)34-23-15-14-21(28(29)33)25(20)26(19)23/h1-2,5-6,8-15,28,33H,3-4,7H2,(H,30,31). The van der Waals surface area contributed by atoms with Crippen molar-refractivity contribution in [2.75, 3.05) is 4.90 Å². The quantitative estimate of drug-likeness (QED) is 0.359. The Balaban J connectivity index is 1.40. The van der Waals surface area contributed by atoms with Crippen molar-refractivity contribution < 1.29 is 24.5 Å². The Kier molecular flexibility index (Phi) is 4.64. The largest absolute Gasteiger partial charge is 0.481 e. The van der Waals surface area contributed by atoms with Gasteiger partial charge in [0.15, 0.2) is 6.23 Å². The van der Waals surface area contributed by atoms with Crippen molar-refractivity contribution in [3.05, 3.63) is 89.5 Å². The fourth-order valence-electron chi connectivity index (χ4n) is 5.00. The SMILES string of the molecule is O=C(O)CCCc1ccc(N2C(=O)c3ccc4c5c(ccc(c35)C2O)Oc2ccccc2-4)cc1. The fourth-order valence-corrected chi connectivity index (χ4v) is 5.00. The first-order valence-electron chi connectivity index (χ1n) is 11.2. The van der Waals surface area contributed by atoms with Crippen molar-refractivity contribution in [2.45, 2.75) is 25.5 Å². The van der Waals surface area contributed by atoms with Crippen molar-refractivity contribution in [1.29, 1.82) is 0 Å². The van der Waals surface area contributed by atoms with Crippen LogP contribution in [0.3, 0.4) is 0 Å². The molecule has 0 spiro atoms. The van der Waals surface area contributed by atoms with Crippen molar-refractivity contribution in [3.63, 3.8) is 0 Å². The van der Waals surface area contributed by atoms with E-state index < -0.39 is 12.2 Å². The molecule has 0 radical (unpaired) electrons. The van der Waals surface area contributed by atoms with Gasteiger partial charge < -0.3 is 14.9 Å². The number of aliphatic carboxylic acids is 1. The molecule has 2 aliphatic heterocycles. The molecule has 6 nitrogen and oxygen atoms in total. The molecule has 0 aromatic heterocycles. The van der Waals surface area contributed by atoms with Gasteiger partial charge >= 0.3 is 5.97 Å². The lowest BCUT2D eigenvalue weighted by Crippen LogP contribution is -2.38. The minimum atomic E-state index is -1.14. The van der Waals surface area contributed by atoms with Gasteiger partial charge in [0.25, 0.3) is 5.91 Å². The minimum absolute atomic E-state index is 0.115. The van der Waals surface area contributed by atoms with Gasteiger partial charge in [-0.3, -0.25) is 14.5 Å². The number of carboxylic acids is 1. The summed E-state index contributed by atoms with van der Waals surface area (Å²) < 4.78 is 6.13. The van der Waals surface area contributed by atoms with Crippen molar-refractivity contribution >= 4 is 28.3 Å². The van der Waals surface area contributed by atoms with Crippen LogP contribution < -0.4 is 9.64 Å². The maximum Gasteiger partial charge on any atom is 0.303 e. The number of fused-ring (bicyclic) bond motifs is 2. The number of carbonyl (C=O) groups excluding carboxylic acids is 1. The zero-order chi connectivity index (χ0) is 23.4. The first-order chi connectivity index (χ1) is 16.5. The van der Waals surface area contributed by atoms with E-state index in [1.54, 1.807) is 12.1 Å². The summed E-state index contributed by atoms with van der Waals surface area (Å²) in [6.45, 7) is 0. The zero-order valence-electron chi connectivity index (χ0n) is 18.2. The van der Waals surface area contributed by atoms with Gasteiger partial charge in [-0.25, -0.2) is 0 Å². The number of hydrogen-bond acceptors (Lipinski definition) is 4. The second kappa shape index (κ2) is 7.71. The molecule has 168 valence electrons. The van der Waals surface area contributed by atoms with E-state index in [9.17, 15) is 14.7 Å². The molecule has 0 saturated heterocycles. The number of rotatable bonds is 5. The van der Waals surface area contributed by atoms with E-state index in [1.165, 1.54) is 4.90 Å². The number of nitrogens with zero attached hydrogens (tertiary/aromatic N) is 1. The molecule has 0 aliphatic carbocycles. The molecule has 6 heteroatoms. The first kappa shape index (κ1) is 20.4. The molecule has 34 heavy (non-hydrogen) atoms. The number of amides is 1. The van der Waals surface area contributed by atoms with E-state index in [0.29, 0.717) is 35.4 Å². The van der Waals surface area contributed by atoms with Crippen LogP contribution >= 0.6 is 0 Å². The highest BCUT2D eigenvalue weighted by molar-refractivity contribution is 6.21. The Labute approximate surface area is 195 Å². The normalized spacial score (nSPS) is 15.7. The summed E-state index contributed by atoms with van der Waals surface area (Å²) >= 11 is 0. The van der Waals surface area contributed by atoms with E-state index >= 15 is 0 Å². The Bertz CT molecular complexity index is 1470. The van der Waals surface area contributed by atoms with Gasteiger partial charge in [0, 0.05) is 39.6 Å². The lowest BCUT2D eigenvalue weighted by atomic mass is 9.86. The second-order valence-corrected chi connectivity index (χ2v) is 8.62. The van der Waals surface area contributed by atoms with Gasteiger partial charge in [-0.05, 0) is 54.3 Å². The van der Waals surface area contributed by atoms with E-state index in [0.717, 1.165) is 33.2 Å². The molecule has 4 aromatic rings. The fraction of sp³-hybridized carbons (Fsp3) is 0.143. The van der Waals surface area contributed by atoms with Crippen molar-refractivity contribution in [1.82, 2.24) is 0 Å². The molecule has 6 rings (SSSR count). The summed E-state index contributed by atoms with van der Waals surface area (Å²) in [7, 11) is 0. The number of benzene rings is 4. The van der Waals surface area contributed by atoms with Gasteiger partial charge in [-0.15, -0.1) is 0 Å². The Morgan fingerprint density at radius 1 is 0.853 bits per heavy atom. The molecule has 2 N–H and O–H groups in total. The number of carboxylic acid groups (broad SMARTS) is 1. The Morgan fingerprint density at radius 2 is 1.62 bits per heavy atom. The summed E-state index contributed by atoms with van der Waals surface area (Å²) in [6.07, 6.45) is 0.160. The predicted octanol–water partition coefficient (Wildman–Crippen LogP) is 5.67. The molecular weight excluding hydrogens is 430 g/mol. The van der Waals surface area contributed by atoms with Gasteiger partial charge in [0.2, 0.25) is 0 Å². The average Bonchev–Trinajstić information content (AvgIpc) is 2.84. The number of hydrogen-bond donors (Lipinski definition) is 2. The van der Waals surface area contributed by atoms with Gasteiger partial charge in [0.1, 0.15) is 11.5 Å². The topological polar surface area (TPSA) is 87.1 Å². The summed E-state index contributed by atoms with van der Waals surface area (Å²) in [5, 5.41) is 21.7. The average molecular weight is 451 g/mol. The Hall–Kier alpha value is -4.16. The highest BCUT2D eigenvalue weighted by Gasteiger charge is 2.36. The molecule has 4 aromatic carbocycles. The molecule has 2 heterocycles. The molecule has 1 atom stereocenters. The van der Waals surface area contributed by atoms with E-state index in [-0.39, 0.29) is 12.3 Å². The second-order valence-electron chi connectivity index (χ2n) is 8.62. The lowest BCUT2D eigenvalue weighted by molar-refractivity contribution is -0.137. The number of aliphatic hydroxyl groups is 1. The van der Waals surface area contributed by atoms with Crippen LogP contribution in [0.15, 0.2) is 72.8 Å². The summed E-state index contributed by atoms with van der Waals surface area (Å²) in [5.74, 6) is 0.354. The van der Waals surface area contributed by atoms with Gasteiger partial charge in [-0.2, -0.15) is 0 Å². The van der Waals surface area contributed by atoms with Gasteiger partial charge in [-0.1, -0.05) is 42.5 Å². The highest BCUT2D eigenvalue weighted by Crippen LogP contribution is 2.50. The number of ether oxygens (including phenoxy) is 1. The van der Waals surface area contributed by atoms with Crippen LogP contribution in [0, 0.1) is 0 Å². The minimum Gasteiger partial charge on any atom is -0.481 e. The maximum atomic E-state index is 13.6. The third kappa shape index (κ3) is 3.07. The van der Waals surface area contributed by atoms with Crippen LogP contribution in [0.1, 0.15) is 40.6 Å². The third-order valence-electron chi connectivity index (χ3n) is 6.59. The highest BCUT2D eigenvalue weighted by atomic mass is 16.5. The molecule has 1 unspecified atom stereocenters. The maximum absolute atomic E-state index is 13.6. The molecule has 0 bridgehead atoms. The van der Waals surface area contributed by atoms with E-state index in [2.05, 4.69) is 0 Å². The molecule has 1 amide bonds. The van der Waals surface area contributed by atoms with E-state index in [4.69, 9.17) is 9.84 Å². The van der Waals surface area contributed by atoms with Crippen LogP contribution in [-0.4, -0.2) is 22.1 Å². The molecule has 0 saturated carbocycles. The van der Waals surface area contributed by atoms with Crippen LogP contribution in [0.2, 0.25) is 0 Å². The zero-order valence-corrected chi connectivity index (χ0v) is 18.2. The Morgan fingerprint density at radius 3 is 2.41 bits per heavy atom. The number of carbonyl (C=O) groups is 2. The summed E-state index contributed by atoms with van der Waals surface area (Å²) in [5.41, 5.74) is 4.69.